The maximum Gasteiger partial charge on any atom is 0.259 e. The van der Waals surface area contributed by atoms with Gasteiger partial charge in [0.15, 0.2) is 0 Å². The minimum absolute atomic E-state index is 0.135. The number of pyridine rings is 2. The van der Waals surface area contributed by atoms with Gasteiger partial charge in [-0.3, -0.25) is 14.5 Å². The lowest BCUT2D eigenvalue weighted by atomic mass is 10.0. The van der Waals surface area contributed by atoms with Gasteiger partial charge in [0.25, 0.3) is 5.56 Å². The van der Waals surface area contributed by atoms with Gasteiger partial charge in [0, 0.05) is 48.6 Å². The molecule has 0 aliphatic carbocycles. The van der Waals surface area contributed by atoms with E-state index in [2.05, 4.69) is 10.1 Å². The summed E-state index contributed by atoms with van der Waals surface area (Å²) in [4.78, 5) is 18.6. The summed E-state index contributed by atoms with van der Waals surface area (Å²) in [6, 6.07) is 5.13. The molecule has 1 fully saturated rings. The predicted molar refractivity (Wildman–Crippen MR) is 131 cm³/mol. The molecule has 3 aromatic heterocycles. The first-order valence-electron chi connectivity index (χ1n) is 10.6. The van der Waals surface area contributed by atoms with Crippen LogP contribution in [0.25, 0.3) is 33.3 Å². The summed E-state index contributed by atoms with van der Waals surface area (Å²) in [5, 5.41) is 5.47. The second-order valence-electron chi connectivity index (χ2n) is 8.07. The molecule has 10 heteroatoms. The Labute approximate surface area is 205 Å². The number of aryl methyl sites for hydroxylation is 1. The number of hydrogen-bond donors (Lipinski definition) is 0. The van der Waals surface area contributed by atoms with Gasteiger partial charge in [-0.2, -0.15) is 5.10 Å². The van der Waals surface area contributed by atoms with Gasteiger partial charge in [-0.15, -0.1) is 0 Å². The van der Waals surface area contributed by atoms with Gasteiger partial charge in [-0.25, -0.2) is 0 Å². The molecule has 0 saturated carbocycles. The zero-order valence-corrected chi connectivity index (χ0v) is 20.4. The molecule has 5 rings (SSSR count). The van der Waals surface area contributed by atoms with Crippen LogP contribution in [-0.2, 0) is 11.8 Å². The Hall–Kier alpha value is -3.07. The number of benzene rings is 1. The maximum absolute atomic E-state index is 14.0. The van der Waals surface area contributed by atoms with E-state index in [-0.39, 0.29) is 21.6 Å². The molecular weight excluding hydrogens is 479 g/mol. The Morgan fingerprint density at radius 1 is 1.09 bits per heavy atom. The summed E-state index contributed by atoms with van der Waals surface area (Å²) in [6.45, 7) is 1.02. The lowest BCUT2D eigenvalue weighted by Gasteiger charge is -2.20. The standard InChI is InChI=1S/C24H22Cl2N4O4/c1-29-11-14(10-28-29)17-7-18-13(9-27-17)6-16(24(31)30(18)15-4-5-34-12-15)21-22(25)19(32-2)8-20(33-3)23(21)26/h6-11,15H,4-5,12H2,1-3H3. The monoisotopic (exact) mass is 500 g/mol. The van der Waals surface area contributed by atoms with Crippen LogP contribution < -0.4 is 15.0 Å². The van der Waals surface area contributed by atoms with Crippen molar-refractivity contribution in [2.45, 2.75) is 12.5 Å². The van der Waals surface area contributed by atoms with Gasteiger partial charge in [-0.1, -0.05) is 23.2 Å². The highest BCUT2D eigenvalue weighted by atomic mass is 35.5. The van der Waals surface area contributed by atoms with E-state index in [1.807, 2.05) is 19.3 Å². The van der Waals surface area contributed by atoms with E-state index < -0.39 is 0 Å². The van der Waals surface area contributed by atoms with Gasteiger partial charge in [0.1, 0.15) is 11.5 Å². The fourth-order valence-electron chi connectivity index (χ4n) is 4.33. The largest absolute Gasteiger partial charge is 0.495 e. The summed E-state index contributed by atoms with van der Waals surface area (Å²) in [6.07, 6.45) is 6.08. The Bertz CT molecular complexity index is 1430. The van der Waals surface area contributed by atoms with Crippen molar-refractivity contribution in [2.24, 2.45) is 7.05 Å². The number of rotatable bonds is 5. The SMILES string of the molecule is COc1cc(OC)c(Cl)c(-c2cc3cnc(-c4cnn(C)c4)cc3n(C3CCOC3)c2=O)c1Cl. The lowest BCUT2D eigenvalue weighted by Crippen LogP contribution is -2.27. The topological polar surface area (TPSA) is 80.4 Å². The molecule has 0 bridgehead atoms. The highest BCUT2D eigenvalue weighted by molar-refractivity contribution is 6.41. The summed E-state index contributed by atoms with van der Waals surface area (Å²) >= 11 is 13.3. The minimum atomic E-state index is -0.231. The number of aromatic nitrogens is 4. The van der Waals surface area contributed by atoms with Crippen LogP contribution >= 0.6 is 23.2 Å². The highest BCUT2D eigenvalue weighted by Crippen LogP contribution is 2.45. The molecule has 0 spiro atoms. The van der Waals surface area contributed by atoms with Crippen LogP contribution in [0.4, 0.5) is 0 Å². The summed E-state index contributed by atoms with van der Waals surface area (Å²) in [5.41, 5.74) is 2.79. The summed E-state index contributed by atoms with van der Waals surface area (Å²) < 4.78 is 19.9. The first kappa shape index (κ1) is 22.7. The molecule has 0 radical (unpaired) electrons. The molecule has 1 saturated heterocycles. The third kappa shape index (κ3) is 3.72. The number of hydrogen-bond acceptors (Lipinski definition) is 6. The molecule has 176 valence electrons. The van der Waals surface area contributed by atoms with E-state index in [9.17, 15) is 4.79 Å². The number of nitrogens with zero attached hydrogens (tertiary/aromatic N) is 4. The highest BCUT2D eigenvalue weighted by Gasteiger charge is 2.27. The van der Waals surface area contributed by atoms with Crippen LogP contribution in [0.1, 0.15) is 12.5 Å². The van der Waals surface area contributed by atoms with Crippen molar-refractivity contribution in [3.05, 3.63) is 57.2 Å². The Morgan fingerprint density at radius 3 is 2.41 bits per heavy atom. The zero-order valence-electron chi connectivity index (χ0n) is 18.8. The molecule has 1 aromatic carbocycles. The summed E-state index contributed by atoms with van der Waals surface area (Å²) in [7, 11) is 4.84. The van der Waals surface area contributed by atoms with Gasteiger partial charge >= 0.3 is 0 Å². The van der Waals surface area contributed by atoms with Gasteiger partial charge in [0.2, 0.25) is 0 Å². The fraction of sp³-hybridized carbons (Fsp3) is 0.292. The first-order valence-corrected chi connectivity index (χ1v) is 11.4. The fourth-order valence-corrected chi connectivity index (χ4v) is 5.04. The van der Waals surface area contributed by atoms with E-state index in [1.54, 1.807) is 33.8 Å². The Balaban J connectivity index is 1.82. The molecule has 0 amide bonds. The molecule has 4 heterocycles. The van der Waals surface area contributed by atoms with Crippen LogP contribution in [0.3, 0.4) is 0 Å². The van der Waals surface area contributed by atoms with E-state index >= 15 is 0 Å². The molecule has 0 N–H and O–H groups in total. The average molecular weight is 501 g/mol. The van der Waals surface area contributed by atoms with Crippen molar-refractivity contribution in [2.75, 3.05) is 27.4 Å². The summed E-state index contributed by atoms with van der Waals surface area (Å²) in [5.74, 6) is 0.719. The smallest absolute Gasteiger partial charge is 0.259 e. The van der Waals surface area contributed by atoms with Crippen LogP contribution in [0.15, 0.2) is 41.6 Å². The maximum atomic E-state index is 14.0. The molecule has 1 unspecified atom stereocenters. The van der Waals surface area contributed by atoms with Crippen LogP contribution in [0, 0.1) is 0 Å². The third-order valence-corrected chi connectivity index (χ3v) is 6.79. The van der Waals surface area contributed by atoms with Crippen molar-refractivity contribution < 1.29 is 14.2 Å². The number of fused-ring (bicyclic) bond motifs is 1. The van der Waals surface area contributed by atoms with E-state index in [4.69, 9.17) is 37.4 Å². The predicted octanol–water partition coefficient (Wildman–Crippen LogP) is 4.75. The van der Waals surface area contributed by atoms with Crippen molar-refractivity contribution >= 4 is 34.1 Å². The molecule has 1 atom stereocenters. The third-order valence-electron chi connectivity index (χ3n) is 6.03. The van der Waals surface area contributed by atoms with Gasteiger partial charge in [-0.05, 0) is 18.6 Å². The Kier molecular flexibility index (Phi) is 5.97. The quantitative estimate of drug-likeness (QED) is 0.393. The van der Waals surface area contributed by atoms with Crippen molar-refractivity contribution in [3.8, 4) is 33.9 Å². The number of ether oxygens (including phenoxy) is 3. The van der Waals surface area contributed by atoms with Crippen LogP contribution in [0.5, 0.6) is 11.5 Å². The van der Waals surface area contributed by atoms with E-state index in [1.165, 1.54) is 14.2 Å². The molecule has 1 aliphatic heterocycles. The molecular formula is C24H22Cl2N4O4. The lowest BCUT2D eigenvalue weighted by molar-refractivity contribution is 0.186. The molecule has 34 heavy (non-hydrogen) atoms. The van der Waals surface area contributed by atoms with Crippen molar-refractivity contribution in [1.82, 2.24) is 19.3 Å². The number of halogens is 2. The van der Waals surface area contributed by atoms with Crippen molar-refractivity contribution in [1.29, 1.82) is 0 Å². The van der Waals surface area contributed by atoms with E-state index in [0.29, 0.717) is 42.3 Å². The molecule has 1 aliphatic rings. The Morgan fingerprint density at radius 2 is 1.82 bits per heavy atom. The second kappa shape index (κ2) is 8.94. The van der Waals surface area contributed by atoms with Gasteiger partial charge in [0.05, 0.1) is 59.9 Å². The number of methoxy groups -OCH3 is 2. The zero-order chi connectivity index (χ0) is 24.0. The second-order valence-corrected chi connectivity index (χ2v) is 8.82. The first-order chi connectivity index (χ1) is 16.4. The van der Waals surface area contributed by atoms with Crippen LogP contribution in [-0.4, -0.2) is 46.8 Å². The van der Waals surface area contributed by atoms with Gasteiger partial charge < -0.3 is 18.8 Å². The normalized spacial score (nSPS) is 15.7. The minimum Gasteiger partial charge on any atom is -0.495 e. The van der Waals surface area contributed by atoms with E-state index in [0.717, 1.165) is 22.2 Å². The molecule has 4 aromatic rings. The van der Waals surface area contributed by atoms with Crippen LogP contribution in [0.2, 0.25) is 10.0 Å². The van der Waals surface area contributed by atoms with Crippen molar-refractivity contribution in [3.63, 3.8) is 0 Å². The average Bonchev–Trinajstić information content (AvgIpc) is 3.51. The molecule has 8 nitrogen and oxygen atoms in total.